The van der Waals surface area contributed by atoms with E-state index in [1.165, 1.54) is 23.9 Å². The van der Waals surface area contributed by atoms with Gasteiger partial charge in [0.05, 0.1) is 11.4 Å². The van der Waals surface area contributed by atoms with E-state index >= 15 is 0 Å². The van der Waals surface area contributed by atoms with E-state index in [9.17, 15) is 9.18 Å². The third-order valence-electron chi connectivity index (χ3n) is 4.32. The van der Waals surface area contributed by atoms with Crippen molar-refractivity contribution in [2.24, 2.45) is 0 Å². The summed E-state index contributed by atoms with van der Waals surface area (Å²) >= 11 is 1.46. The summed E-state index contributed by atoms with van der Waals surface area (Å²) in [4.78, 5) is 12.2. The molecule has 4 aromatic rings. The molecular formula is C23H18FN3O2S. The number of carbonyl (C=O) groups is 1. The number of hydrogen-bond acceptors (Lipinski definition) is 5. The topological polar surface area (TPSA) is 68.0 Å². The first-order chi connectivity index (χ1) is 14.7. The number of benzene rings is 2. The minimum absolute atomic E-state index is 0.251. The van der Waals surface area contributed by atoms with Crippen molar-refractivity contribution in [2.45, 2.75) is 17.3 Å². The van der Waals surface area contributed by atoms with Crippen molar-refractivity contribution < 1.29 is 13.6 Å². The molecule has 2 aromatic carbocycles. The zero-order chi connectivity index (χ0) is 20.8. The van der Waals surface area contributed by atoms with Gasteiger partial charge in [0.15, 0.2) is 5.76 Å². The molecule has 7 heteroatoms. The van der Waals surface area contributed by atoms with Crippen LogP contribution in [-0.2, 0) is 12.3 Å². The Morgan fingerprint density at radius 1 is 0.933 bits per heavy atom. The second-order valence-electron chi connectivity index (χ2n) is 6.49. The van der Waals surface area contributed by atoms with Gasteiger partial charge in [0.1, 0.15) is 16.6 Å². The number of rotatable bonds is 7. The summed E-state index contributed by atoms with van der Waals surface area (Å²) in [7, 11) is 0. The van der Waals surface area contributed by atoms with E-state index in [2.05, 4.69) is 15.5 Å². The standard InChI is InChI=1S/C23H18FN3O2S/c24-18-8-6-17(7-9-18)20-11-13-22(27-26-20)30-15-19-10-12-21(29-19)23(28)25-14-16-4-2-1-3-5-16/h1-13H,14-15H2,(H,25,28). The van der Waals surface area contributed by atoms with Crippen LogP contribution < -0.4 is 5.32 Å². The minimum Gasteiger partial charge on any atom is -0.455 e. The molecule has 2 aromatic heterocycles. The summed E-state index contributed by atoms with van der Waals surface area (Å²) in [6.07, 6.45) is 0. The highest BCUT2D eigenvalue weighted by molar-refractivity contribution is 7.98. The fourth-order valence-corrected chi connectivity index (χ4v) is 3.47. The Hall–Kier alpha value is -3.45. The molecule has 0 spiro atoms. The summed E-state index contributed by atoms with van der Waals surface area (Å²) < 4.78 is 18.7. The van der Waals surface area contributed by atoms with Crippen molar-refractivity contribution in [3.8, 4) is 11.3 Å². The second-order valence-corrected chi connectivity index (χ2v) is 7.48. The molecule has 1 N–H and O–H groups in total. The molecule has 150 valence electrons. The number of furan rings is 1. The van der Waals surface area contributed by atoms with Gasteiger partial charge in [-0.3, -0.25) is 4.79 Å². The van der Waals surface area contributed by atoms with Gasteiger partial charge >= 0.3 is 0 Å². The summed E-state index contributed by atoms with van der Waals surface area (Å²) in [5, 5.41) is 12.0. The van der Waals surface area contributed by atoms with Gasteiger partial charge in [-0.15, -0.1) is 10.2 Å². The molecule has 0 aliphatic heterocycles. The first-order valence-corrected chi connectivity index (χ1v) is 10.3. The summed E-state index contributed by atoms with van der Waals surface area (Å²) in [6.45, 7) is 0.445. The highest BCUT2D eigenvalue weighted by Crippen LogP contribution is 2.24. The SMILES string of the molecule is O=C(NCc1ccccc1)c1ccc(CSc2ccc(-c3ccc(F)cc3)nn2)o1. The average molecular weight is 419 g/mol. The van der Waals surface area contributed by atoms with Crippen LogP contribution in [0.5, 0.6) is 0 Å². The predicted molar refractivity (Wildman–Crippen MR) is 113 cm³/mol. The van der Waals surface area contributed by atoms with Crippen molar-refractivity contribution in [1.29, 1.82) is 0 Å². The lowest BCUT2D eigenvalue weighted by Gasteiger charge is -2.03. The summed E-state index contributed by atoms with van der Waals surface area (Å²) in [5.41, 5.74) is 2.50. The number of nitrogens with one attached hydrogen (secondary N) is 1. The Bertz CT molecular complexity index is 1110. The number of carbonyl (C=O) groups excluding carboxylic acids is 1. The van der Waals surface area contributed by atoms with E-state index in [4.69, 9.17) is 4.42 Å². The molecule has 0 fully saturated rings. The largest absolute Gasteiger partial charge is 0.455 e. The molecule has 0 aliphatic carbocycles. The first kappa shape index (κ1) is 19.8. The molecule has 5 nitrogen and oxygen atoms in total. The van der Waals surface area contributed by atoms with Gasteiger partial charge in [-0.1, -0.05) is 42.1 Å². The van der Waals surface area contributed by atoms with Gasteiger partial charge in [0.2, 0.25) is 0 Å². The molecule has 4 rings (SSSR count). The van der Waals surface area contributed by atoms with Crippen molar-refractivity contribution in [3.63, 3.8) is 0 Å². The lowest BCUT2D eigenvalue weighted by molar-refractivity contribution is 0.0921. The van der Waals surface area contributed by atoms with Crippen LogP contribution in [-0.4, -0.2) is 16.1 Å². The average Bonchev–Trinajstić information content (AvgIpc) is 3.27. The molecule has 0 aliphatic rings. The Labute approximate surface area is 177 Å². The van der Waals surface area contributed by atoms with Gasteiger partial charge in [-0.2, -0.15) is 0 Å². The van der Waals surface area contributed by atoms with Crippen LogP contribution in [0.2, 0.25) is 0 Å². The van der Waals surface area contributed by atoms with Crippen molar-refractivity contribution in [2.75, 3.05) is 0 Å². The van der Waals surface area contributed by atoms with Gasteiger partial charge < -0.3 is 9.73 Å². The summed E-state index contributed by atoms with van der Waals surface area (Å²) in [6, 6.07) is 23.0. The maximum atomic E-state index is 13.0. The molecule has 0 atom stereocenters. The second kappa shape index (κ2) is 9.37. The molecular weight excluding hydrogens is 401 g/mol. The van der Waals surface area contributed by atoms with E-state index < -0.39 is 0 Å². The van der Waals surface area contributed by atoms with Crippen LogP contribution >= 0.6 is 11.8 Å². The highest BCUT2D eigenvalue weighted by atomic mass is 32.2. The van der Waals surface area contributed by atoms with E-state index in [0.717, 1.165) is 16.2 Å². The number of amides is 1. The van der Waals surface area contributed by atoms with E-state index in [1.54, 1.807) is 24.3 Å². The first-order valence-electron chi connectivity index (χ1n) is 9.31. The van der Waals surface area contributed by atoms with Gasteiger partial charge in [-0.25, -0.2) is 4.39 Å². The molecule has 0 unspecified atom stereocenters. The molecule has 0 saturated heterocycles. The fraction of sp³-hybridized carbons (Fsp3) is 0.0870. The quantitative estimate of drug-likeness (QED) is 0.422. The number of nitrogens with zero attached hydrogens (tertiary/aromatic N) is 2. The normalized spacial score (nSPS) is 10.7. The van der Waals surface area contributed by atoms with Crippen LogP contribution in [0.25, 0.3) is 11.3 Å². The molecule has 1 amide bonds. The van der Waals surface area contributed by atoms with Gasteiger partial charge in [-0.05, 0) is 54.1 Å². The molecule has 0 saturated carbocycles. The minimum atomic E-state index is -0.287. The van der Waals surface area contributed by atoms with Gasteiger partial charge in [0.25, 0.3) is 5.91 Å². The number of aromatic nitrogens is 2. The Kier molecular flexibility index (Phi) is 6.20. The maximum Gasteiger partial charge on any atom is 0.287 e. The summed E-state index contributed by atoms with van der Waals surface area (Å²) in [5.74, 6) is 0.939. The monoisotopic (exact) mass is 419 g/mol. The van der Waals surface area contributed by atoms with Crippen LogP contribution in [0.3, 0.4) is 0 Å². The molecule has 30 heavy (non-hydrogen) atoms. The fourth-order valence-electron chi connectivity index (χ4n) is 2.76. The Balaban J connectivity index is 1.30. The molecule has 0 bridgehead atoms. The third kappa shape index (κ3) is 5.12. The van der Waals surface area contributed by atoms with Gasteiger partial charge in [0, 0.05) is 12.1 Å². The van der Waals surface area contributed by atoms with Crippen LogP contribution in [0.15, 0.2) is 88.3 Å². The van der Waals surface area contributed by atoms with E-state index in [0.29, 0.717) is 23.8 Å². The molecule has 2 heterocycles. The van der Waals surface area contributed by atoms with Crippen LogP contribution in [0.1, 0.15) is 21.9 Å². The van der Waals surface area contributed by atoms with Crippen molar-refractivity contribution in [1.82, 2.24) is 15.5 Å². The number of thioether (sulfide) groups is 1. The number of hydrogen-bond donors (Lipinski definition) is 1. The lowest BCUT2D eigenvalue weighted by atomic mass is 10.1. The number of halogens is 1. The van der Waals surface area contributed by atoms with E-state index in [1.807, 2.05) is 42.5 Å². The highest BCUT2D eigenvalue weighted by Gasteiger charge is 2.11. The zero-order valence-corrected chi connectivity index (χ0v) is 16.7. The maximum absolute atomic E-state index is 13.0. The van der Waals surface area contributed by atoms with Crippen LogP contribution in [0, 0.1) is 5.82 Å². The Morgan fingerprint density at radius 3 is 2.47 bits per heavy atom. The van der Waals surface area contributed by atoms with Crippen molar-refractivity contribution >= 4 is 17.7 Å². The lowest BCUT2D eigenvalue weighted by Crippen LogP contribution is -2.22. The molecule has 0 radical (unpaired) electrons. The van der Waals surface area contributed by atoms with E-state index in [-0.39, 0.29) is 17.5 Å². The Morgan fingerprint density at radius 2 is 1.73 bits per heavy atom. The predicted octanol–water partition coefficient (Wildman–Crippen LogP) is 5.10. The zero-order valence-electron chi connectivity index (χ0n) is 15.9. The van der Waals surface area contributed by atoms with Crippen molar-refractivity contribution in [3.05, 3.63) is 102 Å². The van der Waals surface area contributed by atoms with Crippen LogP contribution in [0.4, 0.5) is 4.39 Å². The third-order valence-corrected chi connectivity index (χ3v) is 5.27. The smallest absolute Gasteiger partial charge is 0.287 e.